The number of nitrogens with zero attached hydrogens (tertiary/aromatic N) is 3. The fraction of sp³-hybridized carbons (Fsp3) is 0.769. The number of methoxy groups -OCH3 is 1. The predicted octanol–water partition coefficient (Wildman–Crippen LogP) is 0.585. The average molecular weight is 300 g/mol. The van der Waals surface area contributed by atoms with Crippen LogP contribution in [0.15, 0.2) is 6.20 Å². The number of rotatable bonds is 6. The van der Waals surface area contributed by atoms with Gasteiger partial charge in [0.25, 0.3) is 0 Å². The lowest BCUT2D eigenvalue weighted by molar-refractivity contribution is 0.0541. The molecule has 1 aliphatic rings. The molecule has 0 bridgehead atoms. The summed E-state index contributed by atoms with van der Waals surface area (Å²) in [7, 11) is 5.74. The van der Waals surface area contributed by atoms with Gasteiger partial charge in [-0.15, -0.1) is 0 Å². The van der Waals surface area contributed by atoms with Crippen LogP contribution in [0.3, 0.4) is 0 Å². The smallest absolute Gasteiger partial charge is 0.161 e. The zero-order valence-corrected chi connectivity index (χ0v) is 13.2. The van der Waals surface area contributed by atoms with Gasteiger partial charge in [-0.05, 0) is 14.1 Å². The minimum atomic E-state index is -0.206. The minimum absolute atomic E-state index is 0.0254. The van der Waals surface area contributed by atoms with E-state index in [4.69, 9.17) is 15.2 Å². The Morgan fingerprint density at radius 1 is 1.65 bits per heavy atom. The molecule has 7 heteroatoms. The van der Waals surface area contributed by atoms with Crippen LogP contribution in [-0.4, -0.2) is 66.6 Å². The fourth-order valence-corrected chi connectivity index (χ4v) is 3.15. The largest absolute Gasteiger partial charge is 0.493 e. The van der Waals surface area contributed by atoms with Gasteiger partial charge < -0.3 is 20.1 Å². The van der Waals surface area contributed by atoms with Crippen molar-refractivity contribution < 1.29 is 9.47 Å². The first-order valence-corrected chi connectivity index (χ1v) is 7.98. The van der Waals surface area contributed by atoms with E-state index in [1.165, 1.54) is 0 Å². The Morgan fingerprint density at radius 2 is 2.45 bits per heavy atom. The maximum atomic E-state index is 6.40. The van der Waals surface area contributed by atoms with Crippen LogP contribution in [0.4, 0.5) is 0 Å². The molecule has 2 N–H and O–H groups in total. The molecule has 20 heavy (non-hydrogen) atoms. The molecule has 1 aliphatic heterocycles. The highest BCUT2D eigenvalue weighted by atomic mass is 32.2. The molecule has 0 saturated carbocycles. The van der Waals surface area contributed by atoms with Crippen LogP contribution in [0.1, 0.15) is 11.7 Å². The molecule has 0 aromatic carbocycles. The summed E-state index contributed by atoms with van der Waals surface area (Å²) in [5, 5.41) is 4.40. The molecule has 2 rings (SSSR count). The molecule has 1 fully saturated rings. The summed E-state index contributed by atoms with van der Waals surface area (Å²) in [5.74, 6) is 2.71. The van der Waals surface area contributed by atoms with Gasteiger partial charge in [-0.1, -0.05) is 0 Å². The van der Waals surface area contributed by atoms with Crippen molar-refractivity contribution in [3.05, 3.63) is 11.9 Å². The molecule has 2 atom stereocenters. The molecular formula is C13H24N4O2S. The quantitative estimate of drug-likeness (QED) is 0.829. The van der Waals surface area contributed by atoms with Crippen molar-refractivity contribution >= 4 is 11.8 Å². The van der Waals surface area contributed by atoms with Crippen molar-refractivity contribution in [2.75, 3.05) is 45.9 Å². The van der Waals surface area contributed by atoms with Crippen LogP contribution in [0.2, 0.25) is 0 Å². The number of likely N-dealkylation sites (N-methyl/N-ethyl adjacent to an activating group) is 1. The van der Waals surface area contributed by atoms with Gasteiger partial charge in [0.05, 0.1) is 44.3 Å². The Bertz CT molecular complexity index is 419. The molecule has 1 saturated heterocycles. The number of hydrogen-bond donors (Lipinski definition) is 1. The van der Waals surface area contributed by atoms with Crippen LogP contribution in [0.25, 0.3) is 0 Å². The van der Waals surface area contributed by atoms with Gasteiger partial charge in [-0.25, -0.2) is 0 Å². The highest BCUT2D eigenvalue weighted by Gasteiger charge is 2.28. The molecule has 0 amide bonds. The lowest BCUT2D eigenvalue weighted by Gasteiger charge is -2.28. The summed E-state index contributed by atoms with van der Waals surface area (Å²) in [4.78, 5) is 2.12. The van der Waals surface area contributed by atoms with Crippen molar-refractivity contribution in [3.8, 4) is 5.75 Å². The third-order valence-corrected chi connectivity index (χ3v) is 4.40. The number of thioether (sulfide) groups is 1. The number of nitrogens with two attached hydrogens (primary N) is 1. The van der Waals surface area contributed by atoms with Gasteiger partial charge in [0, 0.05) is 18.1 Å². The maximum Gasteiger partial charge on any atom is 0.161 e. The van der Waals surface area contributed by atoms with Crippen LogP contribution in [-0.2, 0) is 11.3 Å². The highest BCUT2D eigenvalue weighted by Crippen LogP contribution is 2.29. The van der Waals surface area contributed by atoms with Crippen LogP contribution in [0, 0.1) is 0 Å². The molecule has 6 nitrogen and oxygen atoms in total. The summed E-state index contributed by atoms with van der Waals surface area (Å²) < 4.78 is 13.1. The lowest BCUT2D eigenvalue weighted by Crippen LogP contribution is -2.36. The van der Waals surface area contributed by atoms with Gasteiger partial charge in [0.15, 0.2) is 5.75 Å². The first-order valence-electron chi connectivity index (χ1n) is 6.83. The van der Waals surface area contributed by atoms with E-state index in [1.807, 2.05) is 30.5 Å². The Hall–Kier alpha value is -0.760. The zero-order valence-electron chi connectivity index (χ0n) is 12.4. The van der Waals surface area contributed by atoms with Gasteiger partial charge in [0.1, 0.15) is 0 Å². The van der Waals surface area contributed by atoms with Crippen LogP contribution in [0.5, 0.6) is 5.75 Å². The SMILES string of the molecule is COc1cnn(CCN(C)C)c1C(N)C1CSCCO1. The molecule has 1 aromatic rings. The first kappa shape index (κ1) is 15.6. The van der Waals surface area contributed by atoms with Crippen molar-refractivity contribution in [2.24, 2.45) is 5.73 Å². The van der Waals surface area contributed by atoms with Crippen LogP contribution >= 0.6 is 11.8 Å². The summed E-state index contributed by atoms with van der Waals surface area (Å²) in [6, 6.07) is -0.206. The second-order valence-corrected chi connectivity index (χ2v) is 6.28. The van der Waals surface area contributed by atoms with Crippen molar-refractivity contribution in [1.29, 1.82) is 0 Å². The normalized spacial score (nSPS) is 21.1. The molecule has 0 aliphatic carbocycles. The number of hydrogen-bond acceptors (Lipinski definition) is 6. The Balaban J connectivity index is 2.16. The van der Waals surface area contributed by atoms with Crippen molar-refractivity contribution in [1.82, 2.24) is 14.7 Å². The van der Waals surface area contributed by atoms with E-state index in [-0.39, 0.29) is 12.1 Å². The second kappa shape index (κ2) is 7.31. The molecule has 1 aromatic heterocycles. The predicted molar refractivity (Wildman–Crippen MR) is 81.3 cm³/mol. The lowest BCUT2D eigenvalue weighted by atomic mass is 10.1. The van der Waals surface area contributed by atoms with Crippen LogP contribution < -0.4 is 10.5 Å². The Kier molecular flexibility index (Phi) is 5.71. The first-order chi connectivity index (χ1) is 9.63. The van der Waals surface area contributed by atoms with E-state index < -0.39 is 0 Å². The van der Waals surface area contributed by atoms with E-state index in [2.05, 4.69) is 10.00 Å². The van der Waals surface area contributed by atoms with E-state index in [0.29, 0.717) is 0 Å². The van der Waals surface area contributed by atoms with Crippen molar-refractivity contribution in [2.45, 2.75) is 18.7 Å². The molecule has 114 valence electrons. The third kappa shape index (κ3) is 3.66. The van der Waals surface area contributed by atoms with E-state index in [0.717, 1.165) is 42.6 Å². The average Bonchev–Trinajstić information content (AvgIpc) is 2.88. The number of aromatic nitrogens is 2. The summed E-state index contributed by atoms with van der Waals surface area (Å²) in [5.41, 5.74) is 7.34. The maximum absolute atomic E-state index is 6.40. The molecule has 2 heterocycles. The van der Waals surface area contributed by atoms with E-state index in [1.54, 1.807) is 13.3 Å². The topological polar surface area (TPSA) is 65.5 Å². The summed E-state index contributed by atoms with van der Waals surface area (Å²) >= 11 is 1.88. The van der Waals surface area contributed by atoms with Crippen molar-refractivity contribution in [3.63, 3.8) is 0 Å². The fourth-order valence-electron chi connectivity index (χ4n) is 2.23. The minimum Gasteiger partial charge on any atom is -0.493 e. The summed E-state index contributed by atoms with van der Waals surface area (Å²) in [6.07, 6.45) is 1.76. The number of ether oxygens (including phenoxy) is 2. The molecule has 0 spiro atoms. The van der Waals surface area contributed by atoms with Gasteiger partial charge in [-0.2, -0.15) is 16.9 Å². The third-order valence-electron chi connectivity index (χ3n) is 3.38. The summed E-state index contributed by atoms with van der Waals surface area (Å²) in [6.45, 7) is 2.46. The Morgan fingerprint density at radius 3 is 3.05 bits per heavy atom. The molecular weight excluding hydrogens is 276 g/mol. The van der Waals surface area contributed by atoms with Gasteiger partial charge >= 0.3 is 0 Å². The van der Waals surface area contributed by atoms with E-state index >= 15 is 0 Å². The van der Waals surface area contributed by atoms with Gasteiger partial charge in [-0.3, -0.25) is 4.68 Å². The monoisotopic (exact) mass is 300 g/mol. The molecule has 0 radical (unpaired) electrons. The second-order valence-electron chi connectivity index (χ2n) is 5.13. The van der Waals surface area contributed by atoms with E-state index in [9.17, 15) is 0 Å². The highest BCUT2D eigenvalue weighted by molar-refractivity contribution is 7.99. The Labute approximate surface area is 124 Å². The standard InChI is InChI=1S/C13H24N4O2S/c1-16(2)4-5-17-13(10(18-3)8-15-17)12(14)11-9-20-7-6-19-11/h8,11-12H,4-7,9,14H2,1-3H3. The molecule has 2 unspecified atom stereocenters. The zero-order chi connectivity index (χ0) is 14.5. The van der Waals surface area contributed by atoms with Gasteiger partial charge in [0.2, 0.25) is 0 Å².